The zero-order chi connectivity index (χ0) is 57.4. The maximum Gasteiger partial charge on any atom is 0.397 e. The molecule has 4 fully saturated rings. The Bertz CT molecular complexity index is 2200. The number of aryl methyl sites for hydroxylation is 1. The number of nitrogens with one attached hydrogen (secondary N) is 4. The summed E-state index contributed by atoms with van der Waals surface area (Å²) in [5, 5.41) is 109. The van der Waals surface area contributed by atoms with Crippen LogP contribution in [0.3, 0.4) is 0 Å². The maximum atomic E-state index is 13.7. The third-order valence-electron chi connectivity index (χ3n) is 13.6. The van der Waals surface area contributed by atoms with Gasteiger partial charge in [-0.3, -0.25) is 23.7 Å². The summed E-state index contributed by atoms with van der Waals surface area (Å²) in [5.74, 6) is -3.13. The molecule has 444 valence electrons. The number of carbonyl (C=O) groups excluding carboxylic acids is 4. The molecule has 4 heterocycles. The molecule has 1 aromatic rings. The number of benzene rings is 1. The summed E-state index contributed by atoms with van der Waals surface area (Å²) in [7, 11) is -5.16. The van der Waals surface area contributed by atoms with Crippen LogP contribution in [-0.4, -0.2) is 232 Å². The predicted octanol–water partition coefficient (Wildman–Crippen LogP) is -3.81. The van der Waals surface area contributed by atoms with Crippen molar-refractivity contribution in [1.82, 2.24) is 21.3 Å². The second kappa shape index (κ2) is 30.8. The molecule has 5 rings (SSSR count). The van der Waals surface area contributed by atoms with E-state index in [0.29, 0.717) is 0 Å². The molecule has 0 aliphatic carbocycles. The van der Waals surface area contributed by atoms with Crippen LogP contribution in [0.5, 0.6) is 0 Å². The summed E-state index contributed by atoms with van der Waals surface area (Å²) < 4.78 is 78.0. The van der Waals surface area contributed by atoms with Gasteiger partial charge in [-0.1, -0.05) is 50.5 Å². The Hall–Kier alpha value is -3.93. The molecule has 0 saturated carbocycles. The average molecular weight is 1140 g/mol. The van der Waals surface area contributed by atoms with E-state index in [1.54, 1.807) is 24.3 Å². The van der Waals surface area contributed by atoms with Gasteiger partial charge in [0, 0.05) is 26.3 Å². The average Bonchev–Trinajstić information content (AvgIpc) is 3.43. The van der Waals surface area contributed by atoms with Crippen molar-refractivity contribution in [3.8, 4) is 0 Å². The molecule has 1 aromatic carbocycles. The Kier molecular flexibility index (Phi) is 25.6. The van der Waals surface area contributed by atoms with E-state index in [1.807, 2.05) is 0 Å². The number of aliphatic hydroxyl groups excluding tert-OH is 9. The SMILES string of the molecule is CCCCCCC=CCCCCc1ccc(C(=O)NC2[C@H](O[C@H]3C(O)C(NC(C)=O)[C@H](O[C@@H]4C(CO)O[C@@H](O[C@H]5C(O)C(NC(C)=O)[C@H](O)O[C@H]5COS(=O)(=O)O)C(NC(C)=O)[C@H]4O)O[C@H]3CO)OC(CO)[C@@H](O)[C@@H]2O)cc1. The highest BCUT2D eigenvalue weighted by Gasteiger charge is 2.56. The molecule has 4 saturated heterocycles. The molecule has 20 atom stereocenters. The van der Waals surface area contributed by atoms with Gasteiger partial charge in [-0.2, -0.15) is 8.42 Å². The summed E-state index contributed by atoms with van der Waals surface area (Å²) in [5.41, 5.74) is 1.14. The van der Waals surface area contributed by atoms with Crippen LogP contribution in [0.25, 0.3) is 0 Å². The van der Waals surface area contributed by atoms with Crippen molar-refractivity contribution in [2.24, 2.45) is 0 Å². The molecule has 4 aliphatic heterocycles. The van der Waals surface area contributed by atoms with Gasteiger partial charge in [-0.25, -0.2) is 4.18 Å². The molecule has 4 aliphatic rings. The zero-order valence-corrected chi connectivity index (χ0v) is 44.6. The van der Waals surface area contributed by atoms with E-state index in [9.17, 15) is 78.1 Å². The van der Waals surface area contributed by atoms with Crippen LogP contribution in [-0.2, 0) is 68.5 Å². The number of hydrogen-bond donors (Lipinski definition) is 14. The van der Waals surface area contributed by atoms with E-state index >= 15 is 0 Å². The van der Waals surface area contributed by atoms with E-state index in [0.717, 1.165) is 58.4 Å². The topological polar surface area (TPSA) is 427 Å². The van der Waals surface area contributed by atoms with Gasteiger partial charge in [0.2, 0.25) is 17.7 Å². The molecule has 0 radical (unpaired) electrons. The maximum absolute atomic E-state index is 13.7. The van der Waals surface area contributed by atoms with Crippen LogP contribution in [0, 0.1) is 0 Å². The zero-order valence-electron chi connectivity index (χ0n) is 43.8. The lowest BCUT2D eigenvalue weighted by atomic mass is 9.93. The first-order valence-corrected chi connectivity index (χ1v) is 27.4. The van der Waals surface area contributed by atoms with E-state index in [-0.39, 0.29) is 5.56 Å². The molecule has 4 amide bonds. The molecule has 29 heteroatoms. The molecular formula is C49H78N4O24S. The number of ether oxygens (including phenoxy) is 7. The second-order valence-corrected chi connectivity index (χ2v) is 20.7. The molecule has 78 heavy (non-hydrogen) atoms. The minimum Gasteiger partial charge on any atom is -0.394 e. The fraction of sp³-hybridized carbons (Fsp3) is 0.755. The van der Waals surface area contributed by atoms with Gasteiger partial charge >= 0.3 is 10.4 Å². The molecule has 0 aromatic heterocycles. The Labute approximate surface area is 451 Å². The number of rotatable bonds is 27. The monoisotopic (exact) mass is 1140 g/mol. The van der Waals surface area contributed by atoms with Gasteiger partial charge in [-0.05, 0) is 56.2 Å². The lowest BCUT2D eigenvalue weighted by Crippen LogP contribution is -2.71. The number of hydrogen-bond acceptors (Lipinski definition) is 23. The van der Waals surface area contributed by atoms with Gasteiger partial charge in [0.15, 0.2) is 25.2 Å². The Morgan fingerprint density at radius 1 is 0.551 bits per heavy atom. The highest BCUT2D eigenvalue weighted by Crippen LogP contribution is 2.35. The number of carbonyl (C=O) groups is 4. The van der Waals surface area contributed by atoms with Gasteiger partial charge < -0.3 is 100 Å². The van der Waals surface area contributed by atoms with Crippen molar-refractivity contribution in [3.05, 3.63) is 47.5 Å². The highest BCUT2D eigenvalue weighted by molar-refractivity contribution is 7.80. The third kappa shape index (κ3) is 18.0. The lowest BCUT2D eigenvalue weighted by Gasteiger charge is -2.51. The van der Waals surface area contributed by atoms with E-state index in [1.165, 1.54) is 25.7 Å². The van der Waals surface area contributed by atoms with Crippen LogP contribution >= 0.6 is 0 Å². The summed E-state index contributed by atoms with van der Waals surface area (Å²) in [6.07, 6.45) is -15.3. The van der Waals surface area contributed by atoms with Crippen LogP contribution in [0.2, 0.25) is 0 Å². The normalized spacial score (nSPS) is 35.5. The van der Waals surface area contributed by atoms with E-state index < -0.39 is 183 Å². The molecule has 0 spiro atoms. The summed E-state index contributed by atoms with van der Waals surface area (Å²) in [4.78, 5) is 51.0. The number of allylic oxidation sites excluding steroid dienone is 2. The molecule has 14 N–H and O–H groups in total. The lowest BCUT2D eigenvalue weighted by molar-refractivity contribution is -0.361. The largest absolute Gasteiger partial charge is 0.397 e. The quantitative estimate of drug-likeness (QED) is 0.0228. The van der Waals surface area contributed by atoms with Crippen molar-refractivity contribution < 1.29 is 115 Å². The van der Waals surface area contributed by atoms with Gasteiger partial charge in [0.05, 0.1) is 26.4 Å². The number of amides is 4. The minimum atomic E-state index is -5.16. The third-order valence-corrected chi connectivity index (χ3v) is 14.1. The fourth-order valence-corrected chi connectivity index (χ4v) is 9.96. The summed E-state index contributed by atoms with van der Waals surface area (Å²) >= 11 is 0. The molecule has 0 bridgehead atoms. The molecule has 28 nitrogen and oxygen atoms in total. The van der Waals surface area contributed by atoms with Crippen molar-refractivity contribution in [2.75, 3.05) is 26.4 Å². The van der Waals surface area contributed by atoms with Crippen LogP contribution in [0.4, 0.5) is 0 Å². The first-order valence-electron chi connectivity index (χ1n) is 26.0. The van der Waals surface area contributed by atoms with Gasteiger partial charge in [-0.15, -0.1) is 0 Å². The molecule has 8 unspecified atom stereocenters. The van der Waals surface area contributed by atoms with Gasteiger partial charge in [0.1, 0.15) is 97.4 Å². The van der Waals surface area contributed by atoms with Crippen molar-refractivity contribution in [1.29, 1.82) is 0 Å². The standard InChI is InChI=1S/C49H78N4O24S/c1-5-6-7-8-9-10-11-12-13-14-15-27-16-18-28(19-17-27)45(65)53-34-38(61)37(60)29(20-54)72-47(34)75-42-30(21-55)73-48(35(40(42)63)51-25(3)58)76-43-31(22-56)74-49(36(41(43)64)52-26(4)59)77-44-32(23-70-78(67,68)69)71-46(66)33(39(44)62)50-24(2)57/h10-11,16-19,29-44,46-49,54-56,60-64,66H,5-9,12-15,20-23H2,1-4H3,(H,50,57)(H,51,58)(H,52,59)(H,53,65)(H,67,68,69)/t29?,30-,31?,32-,33?,34?,35?,36?,37+,38+,39?,40?,41+,42+,43+,44+,46+,47-,48-,49-/m0/s1. The van der Waals surface area contributed by atoms with Crippen molar-refractivity contribution in [2.45, 2.75) is 208 Å². The van der Waals surface area contributed by atoms with Gasteiger partial charge in [0.25, 0.3) is 5.91 Å². The Morgan fingerprint density at radius 3 is 1.45 bits per heavy atom. The van der Waals surface area contributed by atoms with Crippen LogP contribution < -0.4 is 21.3 Å². The van der Waals surface area contributed by atoms with E-state index in [4.69, 9.17) is 33.2 Å². The minimum absolute atomic E-state index is 0.161. The van der Waals surface area contributed by atoms with Crippen LogP contribution in [0.1, 0.15) is 95.0 Å². The highest BCUT2D eigenvalue weighted by atomic mass is 32.3. The van der Waals surface area contributed by atoms with Crippen molar-refractivity contribution in [3.63, 3.8) is 0 Å². The predicted molar refractivity (Wildman–Crippen MR) is 266 cm³/mol. The fourth-order valence-electron chi connectivity index (χ4n) is 9.65. The van der Waals surface area contributed by atoms with Crippen molar-refractivity contribution >= 4 is 34.0 Å². The first-order chi connectivity index (χ1) is 37.0. The Morgan fingerprint density at radius 2 is 0.987 bits per heavy atom. The summed E-state index contributed by atoms with van der Waals surface area (Å²) in [6, 6.07) is 0.00892. The molecular weight excluding hydrogens is 1060 g/mol. The second-order valence-electron chi connectivity index (χ2n) is 19.7. The number of unbranched alkanes of at least 4 members (excludes halogenated alkanes) is 6. The number of aliphatic hydroxyl groups is 9. The van der Waals surface area contributed by atoms with E-state index in [2.05, 4.69) is 44.5 Å². The first kappa shape index (κ1) is 64.9. The Balaban J connectivity index is 1.33. The smallest absolute Gasteiger partial charge is 0.394 e. The van der Waals surface area contributed by atoms with Crippen LogP contribution in [0.15, 0.2) is 36.4 Å². The summed E-state index contributed by atoms with van der Waals surface area (Å²) in [6.45, 7) is 1.33.